The molecule has 0 radical (unpaired) electrons. The second-order valence-electron chi connectivity index (χ2n) is 4.06. The van der Waals surface area contributed by atoms with Gasteiger partial charge in [-0.1, -0.05) is 13.3 Å². The number of rotatable bonds is 7. The van der Waals surface area contributed by atoms with Crippen LogP contribution in [0.4, 0.5) is 5.69 Å². The van der Waals surface area contributed by atoms with E-state index in [9.17, 15) is 9.59 Å². The summed E-state index contributed by atoms with van der Waals surface area (Å²) in [5.74, 6) is 3.66. The van der Waals surface area contributed by atoms with Crippen molar-refractivity contribution in [2.45, 2.75) is 19.8 Å². The van der Waals surface area contributed by atoms with Crippen LogP contribution < -0.4 is 10.8 Å². The summed E-state index contributed by atoms with van der Waals surface area (Å²) >= 11 is 0. The van der Waals surface area contributed by atoms with E-state index >= 15 is 0 Å². The molecule has 0 atom stereocenters. The van der Waals surface area contributed by atoms with Crippen LogP contribution in [-0.2, 0) is 9.63 Å². The molecule has 1 amide bonds. The summed E-state index contributed by atoms with van der Waals surface area (Å²) in [6, 6.07) is 6.14. The molecule has 19 heavy (non-hydrogen) atoms. The van der Waals surface area contributed by atoms with E-state index in [0.29, 0.717) is 12.2 Å². The van der Waals surface area contributed by atoms with E-state index in [1.807, 2.05) is 6.92 Å². The SMILES string of the molecule is CCCCN(C(=O)CON)c1ccc(C(=O)O)cc1. The van der Waals surface area contributed by atoms with E-state index < -0.39 is 5.97 Å². The number of amides is 1. The third kappa shape index (κ3) is 4.35. The molecule has 104 valence electrons. The molecule has 0 saturated carbocycles. The monoisotopic (exact) mass is 266 g/mol. The first-order chi connectivity index (χ1) is 9.10. The number of hydrogen-bond acceptors (Lipinski definition) is 4. The highest BCUT2D eigenvalue weighted by Gasteiger charge is 2.15. The average Bonchev–Trinajstić information content (AvgIpc) is 2.40. The number of carboxylic acids is 1. The Bertz CT molecular complexity index is 431. The molecule has 1 rings (SSSR count). The summed E-state index contributed by atoms with van der Waals surface area (Å²) < 4.78 is 0. The molecule has 0 fully saturated rings. The average molecular weight is 266 g/mol. The van der Waals surface area contributed by atoms with Gasteiger partial charge in [0.25, 0.3) is 5.91 Å². The van der Waals surface area contributed by atoms with Gasteiger partial charge in [0, 0.05) is 12.2 Å². The zero-order valence-electron chi connectivity index (χ0n) is 10.8. The Hall–Kier alpha value is -1.92. The maximum absolute atomic E-state index is 11.9. The van der Waals surface area contributed by atoms with Crippen molar-refractivity contribution in [2.24, 2.45) is 5.90 Å². The van der Waals surface area contributed by atoms with E-state index in [-0.39, 0.29) is 18.1 Å². The second-order valence-corrected chi connectivity index (χ2v) is 4.06. The predicted octanol–water partition coefficient (Wildman–Crippen LogP) is 1.41. The van der Waals surface area contributed by atoms with Gasteiger partial charge in [0.1, 0.15) is 6.61 Å². The van der Waals surface area contributed by atoms with Gasteiger partial charge in [0.05, 0.1) is 5.56 Å². The molecular formula is C13H18N2O4. The lowest BCUT2D eigenvalue weighted by Crippen LogP contribution is -2.35. The predicted molar refractivity (Wildman–Crippen MR) is 70.8 cm³/mol. The van der Waals surface area contributed by atoms with Gasteiger partial charge in [0.2, 0.25) is 0 Å². The number of anilines is 1. The number of carbonyl (C=O) groups excluding carboxylic acids is 1. The minimum atomic E-state index is -0.997. The summed E-state index contributed by atoms with van der Waals surface area (Å²) in [5.41, 5.74) is 0.821. The summed E-state index contributed by atoms with van der Waals surface area (Å²) in [6.07, 6.45) is 1.79. The zero-order chi connectivity index (χ0) is 14.3. The zero-order valence-corrected chi connectivity index (χ0v) is 10.8. The molecule has 0 heterocycles. The van der Waals surface area contributed by atoms with Crippen LogP contribution in [0.1, 0.15) is 30.1 Å². The van der Waals surface area contributed by atoms with Crippen LogP contribution in [0.2, 0.25) is 0 Å². The van der Waals surface area contributed by atoms with Crippen molar-refractivity contribution >= 4 is 17.6 Å². The van der Waals surface area contributed by atoms with Crippen molar-refractivity contribution in [3.63, 3.8) is 0 Å². The molecule has 3 N–H and O–H groups in total. The van der Waals surface area contributed by atoms with Crippen molar-refractivity contribution in [1.29, 1.82) is 0 Å². The number of unbranched alkanes of at least 4 members (excludes halogenated alkanes) is 1. The number of aromatic carboxylic acids is 1. The lowest BCUT2D eigenvalue weighted by atomic mass is 10.2. The number of carbonyl (C=O) groups is 2. The van der Waals surface area contributed by atoms with Crippen LogP contribution in [0, 0.1) is 0 Å². The maximum atomic E-state index is 11.9. The third-order valence-electron chi connectivity index (χ3n) is 2.67. The van der Waals surface area contributed by atoms with Gasteiger partial charge < -0.3 is 10.0 Å². The molecule has 6 nitrogen and oxygen atoms in total. The van der Waals surface area contributed by atoms with Crippen molar-refractivity contribution in [3.8, 4) is 0 Å². The van der Waals surface area contributed by atoms with Gasteiger partial charge in [-0.3, -0.25) is 9.63 Å². The van der Waals surface area contributed by atoms with Gasteiger partial charge in [-0.2, -0.15) is 0 Å². The molecular weight excluding hydrogens is 248 g/mol. The van der Waals surface area contributed by atoms with E-state index in [4.69, 9.17) is 11.0 Å². The Morgan fingerprint density at radius 3 is 2.42 bits per heavy atom. The van der Waals surface area contributed by atoms with E-state index in [1.54, 1.807) is 17.0 Å². The second kappa shape index (κ2) is 7.50. The summed E-state index contributed by atoms with van der Waals surface area (Å²) in [6.45, 7) is 2.37. The van der Waals surface area contributed by atoms with Gasteiger partial charge in [-0.05, 0) is 30.7 Å². The van der Waals surface area contributed by atoms with Crippen molar-refractivity contribution in [2.75, 3.05) is 18.1 Å². The minimum Gasteiger partial charge on any atom is -0.478 e. The Morgan fingerprint density at radius 2 is 1.95 bits per heavy atom. The highest BCUT2D eigenvalue weighted by atomic mass is 16.6. The molecule has 0 bridgehead atoms. The van der Waals surface area contributed by atoms with Crippen LogP contribution in [0.15, 0.2) is 24.3 Å². The number of nitrogens with zero attached hydrogens (tertiary/aromatic N) is 1. The van der Waals surface area contributed by atoms with Gasteiger partial charge in [-0.25, -0.2) is 10.7 Å². The van der Waals surface area contributed by atoms with Gasteiger partial charge >= 0.3 is 5.97 Å². The number of carboxylic acid groups (broad SMARTS) is 1. The molecule has 6 heteroatoms. The number of hydrogen-bond donors (Lipinski definition) is 2. The van der Waals surface area contributed by atoms with Crippen molar-refractivity contribution in [3.05, 3.63) is 29.8 Å². The Labute approximate surface area is 111 Å². The van der Waals surface area contributed by atoms with Crippen molar-refractivity contribution in [1.82, 2.24) is 0 Å². The summed E-state index contributed by atoms with van der Waals surface area (Å²) in [5, 5.41) is 8.83. The number of benzene rings is 1. The standard InChI is InChI=1S/C13H18N2O4/c1-2-3-8-15(12(16)9-19-14)11-6-4-10(5-7-11)13(17)18/h4-7H,2-3,8-9,14H2,1H3,(H,17,18). The minimum absolute atomic E-state index is 0.182. The fourth-order valence-corrected chi connectivity index (χ4v) is 1.65. The molecule has 0 spiro atoms. The topological polar surface area (TPSA) is 92.9 Å². The molecule has 0 aliphatic heterocycles. The molecule has 0 aliphatic carbocycles. The lowest BCUT2D eigenvalue weighted by Gasteiger charge is -2.22. The normalized spacial score (nSPS) is 10.2. The van der Waals surface area contributed by atoms with Crippen LogP contribution in [0.3, 0.4) is 0 Å². The van der Waals surface area contributed by atoms with E-state index in [2.05, 4.69) is 4.84 Å². The first-order valence-electron chi connectivity index (χ1n) is 6.05. The first kappa shape index (κ1) is 15.1. The van der Waals surface area contributed by atoms with Crippen LogP contribution >= 0.6 is 0 Å². The Morgan fingerprint density at radius 1 is 1.32 bits per heavy atom. The van der Waals surface area contributed by atoms with Gasteiger partial charge in [0.15, 0.2) is 0 Å². The highest BCUT2D eigenvalue weighted by molar-refractivity contribution is 5.95. The van der Waals surface area contributed by atoms with E-state index in [1.165, 1.54) is 12.1 Å². The smallest absolute Gasteiger partial charge is 0.335 e. The van der Waals surface area contributed by atoms with Crippen LogP contribution in [0.5, 0.6) is 0 Å². The fraction of sp³-hybridized carbons (Fsp3) is 0.385. The maximum Gasteiger partial charge on any atom is 0.335 e. The molecule has 1 aromatic rings. The molecule has 0 unspecified atom stereocenters. The Kier molecular flexibility index (Phi) is 5.98. The first-order valence-corrected chi connectivity index (χ1v) is 6.05. The van der Waals surface area contributed by atoms with Crippen LogP contribution in [-0.4, -0.2) is 30.1 Å². The Balaban J connectivity index is 2.89. The van der Waals surface area contributed by atoms with E-state index in [0.717, 1.165) is 12.8 Å². The highest BCUT2D eigenvalue weighted by Crippen LogP contribution is 2.16. The number of nitrogens with two attached hydrogens (primary N) is 1. The van der Waals surface area contributed by atoms with Gasteiger partial charge in [-0.15, -0.1) is 0 Å². The lowest BCUT2D eigenvalue weighted by molar-refractivity contribution is -0.123. The largest absolute Gasteiger partial charge is 0.478 e. The van der Waals surface area contributed by atoms with Crippen LogP contribution in [0.25, 0.3) is 0 Å². The summed E-state index contributed by atoms with van der Waals surface area (Å²) in [4.78, 5) is 28.6. The fourth-order valence-electron chi connectivity index (χ4n) is 1.65. The quantitative estimate of drug-likeness (QED) is 0.728. The molecule has 1 aromatic carbocycles. The molecule has 0 aliphatic rings. The summed E-state index contributed by atoms with van der Waals surface area (Å²) in [7, 11) is 0. The molecule has 0 aromatic heterocycles. The third-order valence-corrected chi connectivity index (χ3v) is 2.67. The molecule has 0 saturated heterocycles. The van der Waals surface area contributed by atoms with Crippen molar-refractivity contribution < 1.29 is 19.5 Å².